The van der Waals surface area contributed by atoms with Crippen LogP contribution in [0.2, 0.25) is 0 Å². The van der Waals surface area contributed by atoms with E-state index in [1.54, 1.807) is 6.20 Å². The summed E-state index contributed by atoms with van der Waals surface area (Å²) in [6, 6.07) is 59.3. The van der Waals surface area contributed by atoms with Crippen molar-refractivity contribution < 1.29 is 0 Å². The summed E-state index contributed by atoms with van der Waals surface area (Å²) in [7, 11) is 0. The lowest BCUT2D eigenvalue weighted by atomic mass is 9.67. The lowest BCUT2D eigenvalue weighted by Gasteiger charge is -2.34. The molecule has 2 aromatic heterocycles. The van der Waals surface area contributed by atoms with Crippen LogP contribution in [0.25, 0.3) is 50.7 Å². The maximum atomic E-state index is 4.70. The first-order chi connectivity index (χ1) is 25.6. The molecule has 0 spiro atoms. The maximum absolute atomic E-state index is 4.70. The third-order valence-electron chi connectivity index (χ3n) is 10.4. The van der Waals surface area contributed by atoms with E-state index in [0.29, 0.717) is 5.92 Å². The van der Waals surface area contributed by atoms with E-state index in [-0.39, 0.29) is 0 Å². The molecule has 6 aromatic carbocycles. The second kappa shape index (κ2) is 13.1. The van der Waals surface area contributed by atoms with Gasteiger partial charge in [0.15, 0.2) is 11.6 Å². The van der Waals surface area contributed by atoms with Gasteiger partial charge in [0.05, 0.1) is 5.41 Å². The highest BCUT2D eigenvalue weighted by atomic mass is 15.3. The molecule has 1 aliphatic rings. The van der Waals surface area contributed by atoms with Crippen molar-refractivity contribution in [3.05, 3.63) is 204 Å². The Morgan fingerprint density at radius 2 is 1.13 bits per heavy atom. The Bertz CT molecular complexity index is 2450. The minimum absolute atomic E-state index is 0.450. The Hall–Kier alpha value is -6.39. The van der Waals surface area contributed by atoms with Gasteiger partial charge < -0.3 is 0 Å². The quantitative estimate of drug-likeness (QED) is 0.162. The molecule has 0 radical (unpaired) electrons. The van der Waals surface area contributed by atoms with Gasteiger partial charge in [-0.3, -0.25) is 9.55 Å². The molecule has 0 atom stereocenters. The van der Waals surface area contributed by atoms with Crippen molar-refractivity contribution in [2.24, 2.45) is 5.92 Å². The van der Waals surface area contributed by atoms with Crippen LogP contribution in [0, 0.1) is 5.92 Å². The summed E-state index contributed by atoms with van der Waals surface area (Å²) in [4.78, 5) is 4.34. The molecule has 0 fully saturated rings. The summed E-state index contributed by atoms with van der Waals surface area (Å²) in [5, 5.41) is 9.34. The number of para-hydroxylation sites is 1. The third-order valence-corrected chi connectivity index (χ3v) is 10.4. The highest BCUT2D eigenvalue weighted by Crippen LogP contribution is 2.56. The van der Waals surface area contributed by atoms with Gasteiger partial charge in [0.25, 0.3) is 0 Å². The van der Waals surface area contributed by atoms with Crippen molar-refractivity contribution in [3.63, 3.8) is 0 Å². The fraction of sp³-hybridized carbons (Fsp3) is 0.104. The first kappa shape index (κ1) is 31.6. The predicted octanol–water partition coefficient (Wildman–Crippen LogP) is 11.2. The smallest absolute Gasteiger partial charge is 0.170 e. The second-order valence-corrected chi connectivity index (χ2v) is 14.1. The van der Waals surface area contributed by atoms with Crippen molar-refractivity contribution in [2.45, 2.75) is 25.7 Å². The van der Waals surface area contributed by atoms with E-state index in [9.17, 15) is 0 Å². The zero-order chi connectivity index (χ0) is 35.1. The van der Waals surface area contributed by atoms with E-state index in [4.69, 9.17) is 5.10 Å². The van der Waals surface area contributed by atoms with E-state index in [2.05, 4.69) is 162 Å². The molecule has 0 bridgehead atoms. The fourth-order valence-electron chi connectivity index (χ4n) is 8.10. The SMILES string of the molecule is CC(C)Cc1ccc(C2(c3cccc(-c4ccc(-c5nnc(-c6cccnc6)n5-c5ccccc5)cc4)c3)c3ccccc3-c3ccccc32)cc1. The van der Waals surface area contributed by atoms with Crippen LogP contribution in [0.5, 0.6) is 0 Å². The molecule has 4 heteroatoms. The first-order valence-corrected chi connectivity index (χ1v) is 18.0. The zero-order valence-electron chi connectivity index (χ0n) is 29.3. The van der Waals surface area contributed by atoms with Crippen LogP contribution in [-0.4, -0.2) is 19.7 Å². The molecule has 9 rings (SSSR count). The molecule has 0 N–H and O–H groups in total. The summed E-state index contributed by atoms with van der Waals surface area (Å²) < 4.78 is 2.11. The van der Waals surface area contributed by atoms with E-state index in [1.165, 1.54) is 44.5 Å². The summed E-state index contributed by atoms with van der Waals surface area (Å²) in [5.74, 6) is 2.14. The number of fused-ring (bicyclic) bond motifs is 3. The van der Waals surface area contributed by atoms with E-state index in [0.717, 1.165) is 40.4 Å². The Balaban J connectivity index is 1.16. The van der Waals surface area contributed by atoms with Crippen LogP contribution in [-0.2, 0) is 11.8 Å². The molecule has 0 aliphatic heterocycles. The topological polar surface area (TPSA) is 43.6 Å². The van der Waals surface area contributed by atoms with Crippen molar-refractivity contribution in [1.82, 2.24) is 19.7 Å². The summed E-state index contributed by atoms with van der Waals surface area (Å²) in [6.07, 6.45) is 4.67. The van der Waals surface area contributed by atoms with Gasteiger partial charge in [-0.2, -0.15) is 0 Å². The molecule has 0 saturated heterocycles. The lowest BCUT2D eigenvalue weighted by molar-refractivity contribution is 0.646. The number of rotatable bonds is 8. The van der Waals surface area contributed by atoms with Crippen LogP contribution in [0.3, 0.4) is 0 Å². The largest absolute Gasteiger partial charge is 0.275 e. The summed E-state index contributed by atoms with van der Waals surface area (Å²) in [6.45, 7) is 4.57. The van der Waals surface area contributed by atoms with Gasteiger partial charge in [0, 0.05) is 29.2 Å². The molecule has 8 aromatic rings. The van der Waals surface area contributed by atoms with Crippen LogP contribution in [0.4, 0.5) is 0 Å². The number of hydrogen-bond donors (Lipinski definition) is 0. The molecule has 52 heavy (non-hydrogen) atoms. The van der Waals surface area contributed by atoms with Gasteiger partial charge in [-0.15, -0.1) is 10.2 Å². The maximum Gasteiger partial charge on any atom is 0.170 e. The molecule has 1 aliphatic carbocycles. The number of nitrogens with zero attached hydrogens (tertiary/aromatic N) is 4. The minimum atomic E-state index is -0.450. The highest BCUT2D eigenvalue weighted by Gasteiger charge is 2.46. The molecular formula is C48H38N4. The standard InChI is InChI=1S/C48H38N4/c1-33(2)30-34-21-27-39(28-22-34)48(44-19-8-6-17-42(44)43-18-7-9-20-45(43)48)40-14-10-12-37(31-40)35-23-25-36(26-24-35)46-50-51-47(38-13-11-29-49-32-38)52(46)41-15-4-3-5-16-41/h3-29,31-33H,30H2,1-2H3. The number of hydrogen-bond acceptors (Lipinski definition) is 3. The van der Waals surface area contributed by atoms with Gasteiger partial charge in [-0.25, -0.2) is 0 Å². The average Bonchev–Trinajstić information content (AvgIpc) is 3.78. The number of benzene rings is 6. The molecule has 0 amide bonds. The monoisotopic (exact) mass is 670 g/mol. The van der Waals surface area contributed by atoms with Crippen LogP contribution < -0.4 is 0 Å². The van der Waals surface area contributed by atoms with Crippen molar-refractivity contribution in [3.8, 4) is 50.7 Å². The van der Waals surface area contributed by atoms with Crippen LogP contribution >= 0.6 is 0 Å². The lowest BCUT2D eigenvalue weighted by Crippen LogP contribution is -2.28. The van der Waals surface area contributed by atoms with Crippen molar-refractivity contribution in [1.29, 1.82) is 0 Å². The number of aromatic nitrogens is 4. The molecule has 250 valence electrons. The molecule has 4 nitrogen and oxygen atoms in total. The summed E-state index contributed by atoms with van der Waals surface area (Å²) >= 11 is 0. The second-order valence-electron chi connectivity index (χ2n) is 14.1. The normalized spacial score (nSPS) is 12.8. The van der Waals surface area contributed by atoms with Gasteiger partial charge in [0.1, 0.15) is 0 Å². The van der Waals surface area contributed by atoms with E-state index in [1.807, 2.05) is 36.5 Å². The fourth-order valence-corrected chi connectivity index (χ4v) is 8.10. The van der Waals surface area contributed by atoms with Crippen molar-refractivity contribution >= 4 is 0 Å². The highest BCUT2D eigenvalue weighted by molar-refractivity contribution is 5.86. The van der Waals surface area contributed by atoms with Crippen LogP contribution in [0.15, 0.2) is 176 Å². The molecule has 2 heterocycles. The Labute approximate surface area is 305 Å². The molecule has 0 unspecified atom stereocenters. The van der Waals surface area contributed by atoms with Gasteiger partial charge >= 0.3 is 0 Å². The molecule has 0 saturated carbocycles. The Morgan fingerprint density at radius 1 is 0.519 bits per heavy atom. The van der Waals surface area contributed by atoms with Crippen molar-refractivity contribution in [2.75, 3.05) is 0 Å². The van der Waals surface area contributed by atoms with E-state index < -0.39 is 5.41 Å². The zero-order valence-corrected chi connectivity index (χ0v) is 29.3. The number of pyridine rings is 1. The van der Waals surface area contributed by atoms with Gasteiger partial charge in [-0.05, 0) is 92.7 Å². The average molecular weight is 671 g/mol. The van der Waals surface area contributed by atoms with Gasteiger partial charge in [0.2, 0.25) is 0 Å². The predicted molar refractivity (Wildman–Crippen MR) is 211 cm³/mol. The Morgan fingerprint density at radius 3 is 1.79 bits per heavy atom. The van der Waals surface area contributed by atoms with E-state index >= 15 is 0 Å². The summed E-state index contributed by atoms with van der Waals surface area (Å²) in [5.41, 5.74) is 13.9. The Kier molecular flexibility index (Phi) is 7.93. The third kappa shape index (κ3) is 5.27. The first-order valence-electron chi connectivity index (χ1n) is 18.0. The van der Waals surface area contributed by atoms with Crippen LogP contribution in [0.1, 0.15) is 41.7 Å². The van der Waals surface area contributed by atoms with Gasteiger partial charge in [-0.1, -0.05) is 147 Å². The minimum Gasteiger partial charge on any atom is -0.275 e. The molecular weight excluding hydrogens is 633 g/mol.